The van der Waals surface area contributed by atoms with E-state index in [0.717, 1.165) is 0 Å². The van der Waals surface area contributed by atoms with E-state index in [-0.39, 0.29) is 24.0 Å². The quantitative estimate of drug-likeness (QED) is 0.636. The van der Waals surface area contributed by atoms with Gasteiger partial charge in [-0.1, -0.05) is 19.1 Å². The van der Waals surface area contributed by atoms with Crippen LogP contribution in [0, 0.1) is 5.92 Å². The number of rotatable bonds is 8. The van der Waals surface area contributed by atoms with E-state index in [2.05, 4.69) is 10.0 Å². The molecule has 0 aromatic heterocycles. The first-order valence-corrected chi connectivity index (χ1v) is 9.34. The number of aliphatic carboxylic acids is 1. The zero-order valence-electron chi connectivity index (χ0n) is 14.8. The number of hydrogen-bond donors (Lipinski definition) is 3. The number of carboxylic acid groups (broad SMARTS) is 1. The Morgan fingerprint density at radius 2 is 1.88 bits per heavy atom. The number of hydrogen-bond acceptors (Lipinski definition) is 4. The number of carboxylic acids is 1. The lowest BCUT2D eigenvalue weighted by Crippen LogP contribution is -2.40. The van der Waals surface area contributed by atoms with Crippen molar-refractivity contribution in [2.24, 2.45) is 5.92 Å². The van der Waals surface area contributed by atoms with E-state index in [9.17, 15) is 18.0 Å². The molecule has 1 aromatic carbocycles. The normalized spacial score (nSPS) is 12.7. The van der Waals surface area contributed by atoms with Gasteiger partial charge in [0.25, 0.3) is 0 Å². The summed E-state index contributed by atoms with van der Waals surface area (Å²) in [6.07, 6.45) is 0. The Morgan fingerprint density at radius 3 is 2.44 bits per heavy atom. The van der Waals surface area contributed by atoms with Gasteiger partial charge in [0, 0.05) is 26.2 Å². The summed E-state index contributed by atoms with van der Waals surface area (Å²) >= 11 is 0. The SMILES string of the molecule is CC(C)NS(=O)(=O)c1cccc(CNC(=O)N(C)CC(C)C(=O)O)c1. The Labute approximate surface area is 148 Å². The number of urea groups is 1. The Kier molecular flexibility index (Phi) is 7.38. The van der Waals surface area contributed by atoms with Crippen molar-refractivity contribution in [3.8, 4) is 0 Å². The molecule has 0 saturated carbocycles. The summed E-state index contributed by atoms with van der Waals surface area (Å²) in [5.41, 5.74) is 0.625. The van der Waals surface area contributed by atoms with E-state index in [1.807, 2.05) is 0 Å². The number of carbonyl (C=O) groups excluding carboxylic acids is 1. The highest BCUT2D eigenvalue weighted by molar-refractivity contribution is 7.89. The molecule has 9 heteroatoms. The number of carbonyl (C=O) groups is 2. The number of nitrogens with zero attached hydrogens (tertiary/aromatic N) is 1. The Bertz CT molecular complexity index is 718. The van der Waals surface area contributed by atoms with Crippen molar-refractivity contribution in [1.82, 2.24) is 14.9 Å². The fourth-order valence-electron chi connectivity index (χ4n) is 2.09. The lowest BCUT2D eigenvalue weighted by Gasteiger charge is -2.20. The van der Waals surface area contributed by atoms with Crippen LogP contribution in [0.15, 0.2) is 29.2 Å². The molecule has 0 aliphatic heterocycles. The van der Waals surface area contributed by atoms with Crippen molar-refractivity contribution in [2.75, 3.05) is 13.6 Å². The number of nitrogens with one attached hydrogen (secondary N) is 2. The lowest BCUT2D eigenvalue weighted by atomic mass is 10.2. The number of amides is 2. The molecule has 8 nitrogen and oxygen atoms in total. The van der Waals surface area contributed by atoms with Gasteiger partial charge in [-0.05, 0) is 31.5 Å². The highest BCUT2D eigenvalue weighted by Crippen LogP contribution is 2.12. The fourth-order valence-corrected chi connectivity index (χ4v) is 3.41. The maximum atomic E-state index is 12.2. The molecule has 0 radical (unpaired) electrons. The first-order chi connectivity index (χ1) is 11.5. The van der Waals surface area contributed by atoms with Crippen molar-refractivity contribution in [3.05, 3.63) is 29.8 Å². The van der Waals surface area contributed by atoms with Crippen LogP contribution in [-0.4, -0.2) is 50.1 Å². The van der Waals surface area contributed by atoms with Crippen molar-refractivity contribution in [2.45, 2.75) is 38.3 Å². The molecule has 0 heterocycles. The van der Waals surface area contributed by atoms with Gasteiger partial charge in [-0.2, -0.15) is 0 Å². The molecule has 0 spiro atoms. The van der Waals surface area contributed by atoms with Crippen LogP contribution in [0.3, 0.4) is 0 Å². The molecule has 1 atom stereocenters. The van der Waals surface area contributed by atoms with Gasteiger partial charge in [-0.15, -0.1) is 0 Å². The zero-order chi connectivity index (χ0) is 19.2. The molecular weight excluding hydrogens is 346 g/mol. The van der Waals surface area contributed by atoms with Crippen LogP contribution >= 0.6 is 0 Å². The third-order valence-electron chi connectivity index (χ3n) is 3.36. The molecular formula is C16H25N3O5S. The molecule has 0 aliphatic carbocycles. The molecule has 0 bridgehead atoms. The van der Waals surface area contributed by atoms with Gasteiger partial charge in [0.2, 0.25) is 10.0 Å². The minimum atomic E-state index is -3.60. The summed E-state index contributed by atoms with van der Waals surface area (Å²) in [6.45, 7) is 5.19. The Balaban J connectivity index is 2.71. The minimum absolute atomic E-state index is 0.0773. The Hall–Kier alpha value is -2.13. The van der Waals surface area contributed by atoms with Crippen LogP contribution in [0.5, 0.6) is 0 Å². The second-order valence-corrected chi connectivity index (χ2v) is 7.92. The molecule has 1 rings (SSSR count). The number of sulfonamides is 1. The van der Waals surface area contributed by atoms with Crippen LogP contribution < -0.4 is 10.0 Å². The van der Waals surface area contributed by atoms with Crippen molar-refractivity contribution in [1.29, 1.82) is 0 Å². The fraction of sp³-hybridized carbons (Fsp3) is 0.500. The van der Waals surface area contributed by atoms with Gasteiger partial charge in [-0.3, -0.25) is 4.79 Å². The molecule has 140 valence electrons. The largest absolute Gasteiger partial charge is 0.481 e. The van der Waals surface area contributed by atoms with Crippen molar-refractivity contribution in [3.63, 3.8) is 0 Å². The molecule has 0 saturated heterocycles. The second kappa shape index (κ2) is 8.82. The summed E-state index contributed by atoms with van der Waals surface area (Å²) in [6, 6.07) is 5.63. The monoisotopic (exact) mass is 371 g/mol. The lowest BCUT2D eigenvalue weighted by molar-refractivity contribution is -0.141. The van der Waals surface area contributed by atoms with E-state index in [1.165, 1.54) is 31.0 Å². The zero-order valence-corrected chi connectivity index (χ0v) is 15.6. The predicted octanol–water partition coefficient (Wildman–Crippen LogP) is 1.24. The molecule has 0 fully saturated rings. The van der Waals surface area contributed by atoms with Crippen LogP contribution in [0.2, 0.25) is 0 Å². The van der Waals surface area contributed by atoms with Crippen LogP contribution in [0.1, 0.15) is 26.3 Å². The Morgan fingerprint density at radius 1 is 1.24 bits per heavy atom. The second-order valence-electron chi connectivity index (χ2n) is 6.20. The van der Waals surface area contributed by atoms with E-state index >= 15 is 0 Å². The van der Waals surface area contributed by atoms with Gasteiger partial charge in [0.1, 0.15) is 0 Å². The van der Waals surface area contributed by atoms with Crippen LogP contribution in [0.4, 0.5) is 4.79 Å². The number of benzene rings is 1. The molecule has 25 heavy (non-hydrogen) atoms. The third-order valence-corrected chi connectivity index (χ3v) is 5.02. The molecule has 1 aromatic rings. The van der Waals surface area contributed by atoms with Crippen LogP contribution in [0.25, 0.3) is 0 Å². The van der Waals surface area contributed by atoms with Gasteiger partial charge < -0.3 is 15.3 Å². The molecule has 0 aliphatic rings. The maximum absolute atomic E-state index is 12.2. The van der Waals surface area contributed by atoms with Crippen LogP contribution in [-0.2, 0) is 21.4 Å². The average molecular weight is 371 g/mol. The van der Waals surface area contributed by atoms with Gasteiger partial charge in [0.05, 0.1) is 10.8 Å². The average Bonchev–Trinajstić information content (AvgIpc) is 2.51. The van der Waals surface area contributed by atoms with E-state index < -0.39 is 27.9 Å². The highest BCUT2D eigenvalue weighted by Gasteiger charge is 2.18. The minimum Gasteiger partial charge on any atom is -0.481 e. The highest BCUT2D eigenvalue weighted by atomic mass is 32.2. The standard InChI is InChI=1S/C16H25N3O5S/c1-11(2)18-25(23,24)14-7-5-6-13(8-14)9-17-16(22)19(4)10-12(3)15(20)21/h5-8,11-12,18H,9-10H2,1-4H3,(H,17,22)(H,20,21). The predicted molar refractivity (Wildman–Crippen MR) is 93.6 cm³/mol. The smallest absolute Gasteiger partial charge is 0.317 e. The van der Waals surface area contributed by atoms with E-state index in [0.29, 0.717) is 5.56 Å². The maximum Gasteiger partial charge on any atom is 0.317 e. The van der Waals surface area contributed by atoms with Crippen molar-refractivity contribution < 1.29 is 23.1 Å². The topological polar surface area (TPSA) is 116 Å². The summed E-state index contributed by atoms with van der Waals surface area (Å²) in [5.74, 6) is -1.65. The molecule has 2 amide bonds. The van der Waals surface area contributed by atoms with E-state index in [1.54, 1.807) is 26.0 Å². The van der Waals surface area contributed by atoms with Gasteiger partial charge in [0.15, 0.2) is 0 Å². The first-order valence-electron chi connectivity index (χ1n) is 7.86. The van der Waals surface area contributed by atoms with E-state index in [4.69, 9.17) is 5.11 Å². The van der Waals surface area contributed by atoms with Gasteiger partial charge >= 0.3 is 12.0 Å². The first kappa shape index (κ1) is 20.9. The van der Waals surface area contributed by atoms with Gasteiger partial charge in [-0.25, -0.2) is 17.9 Å². The third kappa shape index (κ3) is 6.71. The summed E-state index contributed by atoms with van der Waals surface area (Å²) in [5, 5.41) is 11.5. The summed E-state index contributed by atoms with van der Waals surface area (Å²) < 4.78 is 26.8. The summed E-state index contributed by atoms with van der Waals surface area (Å²) in [4.78, 5) is 24.2. The molecule has 3 N–H and O–H groups in total. The molecule has 1 unspecified atom stereocenters. The summed E-state index contributed by atoms with van der Waals surface area (Å²) in [7, 11) is -2.10. The van der Waals surface area contributed by atoms with Crippen molar-refractivity contribution >= 4 is 22.0 Å².